The Morgan fingerprint density at radius 1 is 1.19 bits per heavy atom. The molecule has 1 unspecified atom stereocenters. The minimum absolute atomic E-state index is 0.0759. The van der Waals surface area contributed by atoms with Gasteiger partial charge in [-0.2, -0.15) is 0 Å². The van der Waals surface area contributed by atoms with Gasteiger partial charge in [-0.1, -0.05) is 19.1 Å². The van der Waals surface area contributed by atoms with Gasteiger partial charge in [-0.15, -0.1) is 0 Å². The number of amides is 1. The fourth-order valence-corrected chi connectivity index (χ4v) is 4.15. The van der Waals surface area contributed by atoms with E-state index in [-0.39, 0.29) is 23.7 Å². The first-order valence-electron chi connectivity index (χ1n) is 9.53. The Morgan fingerprint density at radius 2 is 1.78 bits per heavy atom. The number of carbonyl (C=O) groups excluding carboxylic acids is 1. The average molecular weight is 395 g/mol. The van der Waals surface area contributed by atoms with Gasteiger partial charge >= 0.3 is 0 Å². The molecule has 0 aromatic heterocycles. The summed E-state index contributed by atoms with van der Waals surface area (Å²) < 4.78 is 24.5. The number of halogens is 1. The van der Waals surface area contributed by atoms with Gasteiger partial charge in [0.25, 0.3) is 0 Å². The zero-order chi connectivity index (χ0) is 19.4. The number of nitrogens with one attached hydrogen (secondary N) is 2. The van der Waals surface area contributed by atoms with Crippen LogP contribution < -0.4 is 10.6 Å². The lowest BCUT2D eigenvalue weighted by Gasteiger charge is -2.37. The summed E-state index contributed by atoms with van der Waals surface area (Å²) in [6.07, 6.45) is 3.47. The standard InChI is InChI=1S/C20H27FN2O3S/c1-13(15-7-9-20(10-8-15)25-11-12-26-20)18(24)23-19(27)22-14(2)16-3-5-17(21)6-4-16/h3-6,13-15H,7-12H2,1-2H3,(H2,22,23,24,27)/t13?,14-/m0/s1. The molecule has 1 amide bonds. The van der Waals surface area contributed by atoms with Crippen LogP contribution in [0.4, 0.5) is 4.39 Å². The lowest BCUT2D eigenvalue weighted by atomic mass is 9.78. The molecule has 1 aromatic rings. The third-order valence-corrected chi connectivity index (χ3v) is 5.90. The Kier molecular flexibility index (Phi) is 6.44. The largest absolute Gasteiger partial charge is 0.356 e. The van der Waals surface area contributed by atoms with Crippen molar-refractivity contribution in [1.29, 1.82) is 0 Å². The Morgan fingerprint density at radius 3 is 2.37 bits per heavy atom. The van der Waals surface area contributed by atoms with E-state index in [9.17, 15) is 9.18 Å². The second kappa shape index (κ2) is 8.63. The highest BCUT2D eigenvalue weighted by atomic mass is 32.1. The van der Waals surface area contributed by atoms with Gasteiger partial charge in [0, 0.05) is 18.8 Å². The van der Waals surface area contributed by atoms with Crippen LogP contribution in [0.15, 0.2) is 24.3 Å². The Balaban J connectivity index is 1.46. The summed E-state index contributed by atoms with van der Waals surface area (Å²) in [6, 6.07) is 6.09. The van der Waals surface area contributed by atoms with E-state index < -0.39 is 5.79 Å². The summed E-state index contributed by atoms with van der Waals surface area (Å²) in [5, 5.41) is 6.17. The summed E-state index contributed by atoms with van der Waals surface area (Å²) in [7, 11) is 0. The number of benzene rings is 1. The molecule has 5 nitrogen and oxygen atoms in total. The van der Waals surface area contributed by atoms with Gasteiger partial charge in [-0.3, -0.25) is 4.79 Å². The van der Waals surface area contributed by atoms with Crippen molar-refractivity contribution in [2.45, 2.75) is 51.4 Å². The molecule has 148 valence electrons. The van der Waals surface area contributed by atoms with Crippen molar-refractivity contribution in [2.24, 2.45) is 11.8 Å². The van der Waals surface area contributed by atoms with Crippen LogP contribution in [-0.2, 0) is 14.3 Å². The Hall–Kier alpha value is -1.57. The number of carbonyl (C=O) groups is 1. The fraction of sp³-hybridized carbons (Fsp3) is 0.600. The van der Waals surface area contributed by atoms with Crippen LogP contribution in [0.2, 0.25) is 0 Å². The SMILES string of the molecule is CC(C(=O)NC(=S)N[C@@H](C)c1ccc(F)cc1)C1CCC2(CC1)OCCO2. The molecule has 1 aliphatic heterocycles. The summed E-state index contributed by atoms with van der Waals surface area (Å²) in [4.78, 5) is 12.6. The maximum absolute atomic E-state index is 13.0. The molecule has 1 aliphatic carbocycles. The van der Waals surface area contributed by atoms with Crippen LogP contribution in [0.5, 0.6) is 0 Å². The fourth-order valence-electron chi connectivity index (χ4n) is 3.87. The molecular weight excluding hydrogens is 367 g/mol. The van der Waals surface area contributed by atoms with E-state index in [1.807, 2.05) is 13.8 Å². The van der Waals surface area contributed by atoms with Crippen LogP contribution in [0.25, 0.3) is 0 Å². The van der Waals surface area contributed by atoms with Crippen molar-refractivity contribution < 1.29 is 18.7 Å². The molecule has 7 heteroatoms. The van der Waals surface area contributed by atoms with Crippen LogP contribution in [-0.4, -0.2) is 30.0 Å². The first-order valence-corrected chi connectivity index (χ1v) is 9.94. The smallest absolute Gasteiger partial charge is 0.229 e. The molecule has 1 aromatic carbocycles. The van der Waals surface area contributed by atoms with E-state index in [0.29, 0.717) is 24.2 Å². The van der Waals surface area contributed by atoms with E-state index in [1.165, 1.54) is 12.1 Å². The highest BCUT2D eigenvalue weighted by molar-refractivity contribution is 7.80. The first kappa shape index (κ1) is 20.2. The highest BCUT2D eigenvalue weighted by Crippen LogP contribution is 2.40. The average Bonchev–Trinajstić information content (AvgIpc) is 3.10. The Bertz CT molecular complexity index is 666. The summed E-state index contributed by atoms with van der Waals surface area (Å²) in [5.74, 6) is -0.606. The second-order valence-corrected chi connectivity index (χ2v) is 7.88. The van der Waals surface area contributed by atoms with Crippen molar-refractivity contribution in [3.05, 3.63) is 35.6 Å². The molecule has 2 N–H and O–H groups in total. The lowest BCUT2D eigenvalue weighted by Crippen LogP contribution is -2.45. The van der Waals surface area contributed by atoms with Gasteiger partial charge in [-0.25, -0.2) is 4.39 Å². The van der Waals surface area contributed by atoms with Crippen molar-refractivity contribution in [2.75, 3.05) is 13.2 Å². The van der Waals surface area contributed by atoms with Crippen LogP contribution in [0.1, 0.15) is 51.1 Å². The van der Waals surface area contributed by atoms with E-state index in [2.05, 4.69) is 10.6 Å². The van der Waals surface area contributed by atoms with Crippen molar-refractivity contribution >= 4 is 23.2 Å². The molecule has 0 radical (unpaired) electrons. The molecule has 2 atom stereocenters. The van der Waals surface area contributed by atoms with Gasteiger partial charge < -0.3 is 20.1 Å². The molecule has 1 saturated carbocycles. The number of rotatable bonds is 4. The zero-order valence-corrected chi connectivity index (χ0v) is 16.6. The summed E-state index contributed by atoms with van der Waals surface area (Å²) >= 11 is 5.28. The van der Waals surface area contributed by atoms with E-state index in [1.54, 1.807) is 12.1 Å². The molecule has 0 bridgehead atoms. The second-order valence-electron chi connectivity index (χ2n) is 7.47. The predicted octanol–water partition coefficient (Wildman–Crippen LogP) is 3.45. The molecule has 3 rings (SSSR count). The zero-order valence-electron chi connectivity index (χ0n) is 15.8. The molecule has 1 heterocycles. The van der Waals surface area contributed by atoms with Gasteiger partial charge in [0.2, 0.25) is 5.91 Å². The van der Waals surface area contributed by atoms with Gasteiger partial charge in [-0.05, 0) is 55.6 Å². The normalized spacial score (nSPS) is 21.6. The monoisotopic (exact) mass is 394 g/mol. The first-order chi connectivity index (χ1) is 12.9. The molecule has 1 spiro atoms. The minimum atomic E-state index is -0.409. The maximum Gasteiger partial charge on any atom is 0.229 e. The third-order valence-electron chi connectivity index (χ3n) is 5.68. The molecule has 1 saturated heterocycles. The van der Waals surface area contributed by atoms with Gasteiger partial charge in [0.15, 0.2) is 10.9 Å². The van der Waals surface area contributed by atoms with E-state index in [4.69, 9.17) is 21.7 Å². The van der Waals surface area contributed by atoms with Gasteiger partial charge in [0.1, 0.15) is 5.82 Å². The molecular formula is C20H27FN2O3S. The quantitative estimate of drug-likeness (QED) is 0.766. The third kappa shape index (κ3) is 5.03. The van der Waals surface area contributed by atoms with E-state index in [0.717, 1.165) is 31.2 Å². The van der Waals surface area contributed by atoms with Crippen molar-refractivity contribution in [3.8, 4) is 0 Å². The summed E-state index contributed by atoms with van der Waals surface area (Å²) in [6.45, 7) is 5.18. The van der Waals surface area contributed by atoms with Crippen LogP contribution >= 0.6 is 12.2 Å². The summed E-state index contributed by atoms with van der Waals surface area (Å²) in [5.41, 5.74) is 0.898. The topological polar surface area (TPSA) is 59.6 Å². The van der Waals surface area contributed by atoms with Crippen LogP contribution in [0, 0.1) is 17.7 Å². The van der Waals surface area contributed by atoms with Crippen molar-refractivity contribution in [1.82, 2.24) is 10.6 Å². The predicted molar refractivity (Wildman–Crippen MR) is 104 cm³/mol. The number of ether oxygens (including phenoxy) is 2. The lowest BCUT2D eigenvalue weighted by molar-refractivity contribution is -0.185. The molecule has 2 fully saturated rings. The number of thiocarbonyl (C=S) groups is 1. The Labute approximate surface area is 165 Å². The molecule has 2 aliphatic rings. The minimum Gasteiger partial charge on any atom is -0.356 e. The van der Waals surface area contributed by atoms with Crippen molar-refractivity contribution in [3.63, 3.8) is 0 Å². The molecule has 27 heavy (non-hydrogen) atoms. The van der Waals surface area contributed by atoms with Crippen LogP contribution in [0.3, 0.4) is 0 Å². The highest BCUT2D eigenvalue weighted by Gasteiger charge is 2.42. The number of hydrogen-bond donors (Lipinski definition) is 2. The number of hydrogen-bond acceptors (Lipinski definition) is 4. The van der Waals surface area contributed by atoms with Gasteiger partial charge in [0.05, 0.1) is 19.3 Å². The van der Waals surface area contributed by atoms with E-state index >= 15 is 0 Å². The maximum atomic E-state index is 13.0.